The van der Waals surface area contributed by atoms with E-state index in [4.69, 9.17) is 11.6 Å². The maximum absolute atomic E-state index is 12.8. The standard InChI is InChI=1S/C18H17ClN2O4S2/c1-3-21(4-2)27(24,25)11-5-6-14-12(9-11)13(18(22)23)10-15(20-14)16-7-8-17(19)26-16/h5-10H,3-4H2,1-2H3,(H,22,23). The van der Waals surface area contributed by atoms with Gasteiger partial charge in [-0.25, -0.2) is 18.2 Å². The van der Waals surface area contributed by atoms with Crippen molar-refractivity contribution in [2.75, 3.05) is 13.1 Å². The van der Waals surface area contributed by atoms with E-state index in [2.05, 4.69) is 4.98 Å². The van der Waals surface area contributed by atoms with Gasteiger partial charge in [-0.15, -0.1) is 11.3 Å². The zero-order valence-electron chi connectivity index (χ0n) is 14.6. The number of hydrogen-bond acceptors (Lipinski definition) is 5. The van der Waals surface area contributed by atoms with Gasteiger partial charge in [0.2, 0.25) is 10.0 Å². The Morgan fingerprint density at radius 1 is 1.19 bits per heavy atom. The molecule has 2 heterocycles. The van der Waals surface area contributed by atoms with Gasteiger partial charge in [-0.1, -0.05) is 25.4 Å². The minimum atomic E-state index is -3.70. The van der Waals surface area contributed by atoms with Gasteiger partial charge < -0.3 is 5.11 Å². The highest BCUT2D eigenvalue weighted by Crippen LogP contribution is 2.33. The molecule has 0 bridgehead atoms. The van der Waals surface area contributed by atoms with Crippen LogP contribution >= 0.6 is 22.9 Å². The first kappa shape index (κ1) is 19.8. The number of halogens is 1. The van der Waals surface area contributed by atoms with Crippen molar-refractivity contribution >= 4 is 49.8 Å². The molecule has 0 aliphatic heterocycles. The molecular weight excluding hydrogens is 408 g/mol. The van der Waals surface area contributed by atoms with Crippen LogP contribution in [0.15, 0.2) is 41.3 Å². The molecule has 0 unspecified atom stereocenters. The Balaban J connectivity index is 2.22. The van der Waals surface area contributed by atoms with E-state index in [1.165, 1.54) is 39.9 Å². The van der Waals surface area contributed by atoms with E-state index in [1.807, 2.05) is 0 Å². The third-order valence-electron chi connectivity index (χ3n) is 4.18. The number of thiophene rings is 1. The highest BCUT2D eigenvalue weighted by molar-refractivity contribution is 7.89. The van der Waals surface area contributed by atoms with Crippen LogP contribution in [0.3, 0.4) is 0 Å². The van der Waals surface area contributed by atoms with E-state index in [9.17, 15) is 18.3 Å². The molecule has 0 amide bonds. The van der Waals surface area contributed by atoms with Crippen molar-refractivity contribution < 1.29 is 18.3 Å². The van der Waals surface area contributed by atoms with Gasteiger partial charge in [0.25, 0.3) is 0 Å². The Bertz CT molecular complexity index is 1120. The van der Waals surface area contributed by atoms with Crippen LogP contribution < -0.4 is 0 Å². The van der Waals surface area contributed by atoms with Gasteiger partial charge in [0.1, 0.15) is 0 Å². The van der Waals surface area contributed by atoms with E-state index >= 15 is 0 Å². The number of carboxylic acid groups (broad SMARTS) is 1. The number of pyridine rings is 1. The molecule has 3 aromatic rings. The molecule has 0 saturated carbocycles. The lowest BCUT2D eigenvalue weighted by atomic mass is 10.1. The molecule has 1 N–H and O–H groups in total. The summed E-state index contributed by atoms with van der Waals surface area (Å²) in [4.78, 5) is 17.1. The third-order valence-corrected chi connectivity index (χ3v) is 7.48. The Kier molecular flexibility index (Phi) is 5.53. The number of aromatic nitrogens is 1. The van der Waals surface area contributed by atoms with Crippen molar-refractivity contribution in [1.82, 2.24) is 9.29 Å². The lowest BCUT2D eigenvalue weighted by Gasteiger charge is -2.18. The van der Waals surface area contributed by atoms with Crippen LogP contribution in [0.2, 0.25) is 4.34 Å². The van der Waals surface area contributed by atoms with E-state index in [0.717, 1.165) is 4.88 Å². The van der Waals surface area contributed by atoms with Gasteiger partial charge in [-0.3, -0.25) is 0 Å². The van der Waals surface area contributed by atoms with Gasteiger partial charge in [0, 0.05) is 18.5 Å². The first-order valence-electron chi connectivity index (χ1n) is 8.21. The van der Waals surface area contributed by atoms with Gasteiger partial charge >= 0.3 is 5.97 Å². The number of sulfonamides is 1. The first-order chi connectivity index (χ1) is 12.8. The minimum Gasteiger partial charge on any atom is -0.478 e. The number of benzene rings is 1. The van der Waals surface area contributed by atoms with Crippen molar-refractivity contribution in [1.29, 1.82) is 0 Å². The molecule has 0 fully saturated rings. The van der Waals surface area contributed by atoms with Crippen LogP contribution in [0.5, 0.6) is 0 Å². The second kappa shape index (κ2) is 7.55. The van der Waals surface area contributed by atoms with Gasteiger partial charge in [-0.2, -0.15) is 4.31 Å². The summed E-state index contributed by atoms with van der Waals surface area (Å²) in [5.41, 5.74) is 0.889. The van der Waals surface area contributed by atoms with Gasteiger partial charge in [0.15, 0.2) is 0 Å². The number of rotatable bonds is 6. The molecular formula is C18H17ClN2O4S2. The Hall–Kier alpha value is -2.00. The summed E-state index contributed by atoms with van der Waals surface area (Å²) in [6.07, 6.45) is 0. The van der Waals surface area contributed by atoms with Crippen molar-refractivity contribution in [3.63, 3.8) is 0 Å². The zero-order valence-corrected chi connectivity index (χ0v) is 17.0. The monoisotopic (exact) mass is 424 g/mol. The summed E-state index contributed by atoms with van der Waals surface area (Å²) in [6.45, 7) is 4.17. The summed E-state index contributed by atoms with van der Waals surface area (Å²) in [7, 11) is -3.70. The highest BCUT2D eigenvalue weighted by Gasteiger charge is 2.23. The second-order valence-electron chi connectivity index (χ2n) is 5.73. The van der Waals surface area contributed by atoms with Crippen LogP contribution in [0.1, 0.15) is 24.2 Å². The summed E-state index contributed by atoms with van der Waals surface area (Å²) < 4.78 is 27.4. The summed E-state index contributed by atoms with van der Waals surface area (Å²) in [5.74, 6) is -1.15. The van der Waals surface area contributed by atoms with Crippen molar-refractivity contribution in [3.05, 3.63) is 46.3 Å². The Morgan fingerprint density at radius 2 is 1.89 bits per heavy atom. The predicted octanol–water partition coefficient (Wildman–Crippen LogP) is 4.35. The van der Waals surface area contributed by atoms with Crippen LogP contribution in [-0.2, 0) is 10.0 Å². The Morgan fingerprint density at radius 3 is 2.44 bits per heavy atom. The van der Waals surface area contributed by atoms with E-state index in [0.29, 0.717) is 28.6 Å². The van der Waals surface area contributed by atoms with Crippen LogP contribution in [0.25, 0.3) is 21.5 Å². The van der Waals surface area contributed by atoms with Crippen LogP contribution in [0, 0.1) is 0 Å². The van der Waals surface area contributed by atoms with Gasteiger partial charge in [-0.05, 0) is 36.4 Å². The molecule has 27 heavy (non-hydrogen) atoms. The van der Waals surface area contributed by atoms with Crippen LogP contribution in [0.4, 0.5) is 0 Å². The molecule has 0 saturated heterocycles. The number of carbonyl (C=O) groups is 1. The molecule has 9 heteroatoms. The molecule has 142 valence electrons. The quantitative estimate of drug-likeness (QED) is 0.635. The third kappa shape index (κ3) is 3.70. The summed E-state index contributed by atoms with van der Waals surface area (Å²) >= 11 is 7.26. The number of nitrogens with zero attached hydrogens (tertiary/aromatic N) is 2. The largest absolute Gasteiger partial charge is 0.478 e. The number of fused-ring (bicyclic) bond motifs is 1. The average molecular weight is 425 g/mol. The van der Waals surface area contributed by atoms with E-state index < -0.39 is 16.0 Å². The smallest absolute Gasteiger partial charge is 0.336 e. The zero-order chi connectivity index (χ0) is 19.8. The first-order valence-corrected chi connectivity index (χ1v) is 10.8. The normalized spacial score (nSPS) is 12.0. The van der Waals surface area contributed by atoms with Crippen molar-refractivity contribution in [2.45, 2.75) is 18.7 Å². The SMILES string of the molecule is CCN(CC)S(=O)(=O)c1ccc2nc(-c3ccc(Cl)s3)cc(C(=O)O)c2c1. The molecule has 0 radical (unpaired) electrons. The Labute approximate surface area is 166 Å². The highest BCUT2D eigenvalue weighted by atomic mass is 35.5. The number of carboxylic acids is 1. The maximum atomic E-state index is 12.8. The van der Waals surface area contributed by atoms with Crippen molar-refractivity contribution in [2.24, 2.45) is 0 Å². The predicted molar refractivity (Wildman–Crippen MR) is 107 cm³/mol. The number of hydrogen-bond donors (Lipinski definition) is 1. The molecule has 0 aliphatic rings. The fraction of sp³-hybridized carbons (Fsp3) is 0.222. The molecule has 0 spiro atoms. The van der Waals surface area contributed by atoms with Gasteiger partial charge in [0.05, 0.1) is 30.9 Å². The average Bonchev–Trinajstić information content (AvgIpc) is 3.07. The van der Waals surface area contributed by atoms with Crippen molar-refractivity contribution in [3.8, 4) is 10.6 Å². The van der Waals surface area contributed by atoms with Crippen LogP contribution in [-0.4, -0.2) is 41.9 Å². The molecule has 6 nitrogen and oxygen atoms in total. The topological polar surface area (TPSA) is 87.6 Å². The fourth-order valence-electron chi connectivity index (χ4n) is 2.83. The molecule has 2 aromatic heterocycles. The van der Waals surface area contributed by atoms with E-state index in [-0.39, 0.29) is 15.8 Å². The lowest BCUT2D eigenvalue weighted by molar-refractivity contribution is 0.0699. The summed E-state index contributed by atoms with van der Waals surface area (Å²) in [5, 5.41) is 9.92. The molecule has 0 aliphatic carbocycles. The molecule has 1 aromatic carbocycles. The molecule has 3 rings (SSSR count). The fourth-order valence-corrected chi connectivity index (χ4v) is 5.32. The maximum Gasteiger partial charge on any atom is 0.336 e. The minimum absolute atomic E-state index is 0.00359. The summed E-state index contributed by atoms with van der Waals surface area (Å²) in [6, 6.07) is 9.31. The number of aromatic carboxylic acids is 1. The lowest BCUT2D eigenvalue weighted by Crippen LogP contribution is -2.30. The molecule has 0 atom stereocenters. The second-order valence-corrected chi connectivity index (χ2v) is 9.39. The van der Waals surface area contributed by atoms with E-state index in [1.54, 1.807) is 26.0 Å².